The van der Waals surface area contributed by atoms with Gasteiger partial charge in [-0.15, -0.1) is 0 Å². The summed E-state index contributed by atoms with van der Waals surface area (Å²) in [6, 6.07) is 0. The number of hydrogen-bond acceptors (Lipinski definition) is 0. The zero-order valence-electron chi connectivity index (χ0n) is 6.16. The van der Waals surface area contributed by atoms with Gasteiger partial charge in [-0.2, -0.15) is 0 Å². The van der Waals surface area contributed by atoms with Gasteiger partial charge in [-0.3, -0.25) is 4.39 Å². The van der Waals surface area contributed by atoms with Crippen molar-refractivity contribution >= 4 is 0 Å². The second-order valence-electron chi connectivity index (χ2n) is 3.28. The highest BCUT2D eigenvalue weighted by atomic mass is 19.1. The van der Waals surface area contributed by atoms with Gasteiger partial charge in [-0.05, 0) is 11.3 Å². The molecule has 50 valence electrons. The first-order valence-electron chi connectivity index (χ1n) is 3.06. The molecule has 0 radical (unpaired) electrons. The van der Waals surface area contributed by atoms with Crippen LogP contribution in [0.25, 0.3) is 0 Å². The van der Waals surface area contributed by atoms with Gasteiger partial charge in [0.2, 0.25) is 0 Å². The van der Waals surface area contributed by atoms with E-state index in [0.29, 0.717) is 5.92 Å². The number of alkyl halides is 1. The molecule has 1 heteroatoms. The third-order valence-electron chi connectivity index (χ3n) is 1.91. The zero-order chi connectivity index (χ0) is 6.78. The summed E-state index contributed by atoms with van der Waals surface area (Å²) in [6.45, 7) is 7.75. The fraction of sp³-hybridized carbons (Fsp3) is 1.00. The highest BCUT2D eigenvalue weighted by Crippen LogP contribution is 2.25. The van der Waals surface area contributed by atoms with Crippen LogP contribution < -0.4 is 0 Å². The molecule has 0 saturated carbocycles. The van der Waals surface area contributed by atoms with Crippen molar-refractivity contribution in [2.24, 2.45) is 11.3 Å². The van der Waals surface area contributed by atoms with Crippen LogP contribution in [0.4, 0.5) is 4.39 Å². The molecule has 0 rings (SSSR count). The largest absolute Gasteiger partial charge is 0.251 e. The maximum Gasteiger partial charge on any atom is 0.0947 e. The van der Waals surface area contributed by atoms with Gasteiger partial charge in [0.05, 0.1) is 6.67 Å². The Kier molecular flexibility index (Phi) is 2.45. The number of rotatable bonds is 2. The molecule has 0 amide bonds. The smallest absolute Gasteiger partial charge is 0.0947 e. The molecule has 0 aliphatic heterocycles. The van der Waals surface area contributed by atoms with E-state index in [1.54, 1.807) is 0 Å². The highest BCUT2D eigenvalue weighted by molar-refractivity contribution is 4.70. The van der Waals surface area contributed by atoms with Crippen molar-refractivity contribution in [1.82, 2.24) is 0 Å². The Hall–Kier alpha value is -0.0700. The molecule has 0 saturated heterocycles. The zero-order valence-corrected chi connectivity index (χ0v) is 6.16. The van der Waals surface area contributed by atoms with Gasteiger partial charge in [0.1, 0.15) is 0 Å². The summed E-state index contributed by atoms with van der Waals surface area (Å²) in [5, 5.41) is 0. The topological polar surface area (TPSA) is 0 Å². The molecular weight excluding hydrogens is 103 g/mol. The maximum atomic E-state index is 12.0. The van der Waals surface area contributed by atoms with Gasteiger partial charge in [-0.25, -0.2) is 0 Å². The van der Waals surface area contributed by atoms with Crippen LogP contribution in [-0.4, -0.2) is 6.67 Å². The summed E-state index contributed by atoms with van der Waals surface area (Å²) in [7, 11) is 0. The minimum absolute atomic E-state index is 0.125. The second-order valence-corrected chi connectivity index (χ2v) is 3.28. The Morgan fingerprint density at radius 3 is 1.75 bits per heavy atom. The van der Waals surface area contributed by atoms with Crippen LogP contribution in [0, 0.1) is 11.3 Å². The monoisotopic (exact) mass is 118 g/mol. The molecule has 0 aromatic heterocycles. The van der Waals surface area contributed by atoms with Crippen LogP contribution >= 0.6 is 0 Å². The average molecular weight is 118 g/mol. The van der Waals surface area contributed by atoms with E-state index in [4.69, 9.17) is 0 Å². The van der Waals surface area contributed by atoms with Crippen LogP contribution in [0.15, 0.2) is 0 Å². The summed E-state index contributed by atoms with van der Waals surface area (Å²) in [6.07, 6.45) is 0. The fourth-order valence-corrected chi connectivity index (χ4v) is 0.154. The van der Waals surface area contributed by atoms with Crippen molar-refractivity contribution in [2.75, 3.05) is 6.67 Å². The Balaban J connectivity index is 3.71. The minimum Gasteiger partial charge on any atom is -0.251 e. The van der Waals surface area contributed by atoms with Crippen molar-refractivity contribution in [3.63, 3.8) is 0 Å². The quantitative estimate of drug-likeness (QED) is 0.523. The summed E-state index contributed by atoms with van der Waals surface area (Å²) in [5.41, 5.74) is -0.125. The molecule has 0 aromatic carbocycles. The van der Waals surface area contributed by atoms with E-state index in [9.17, 15) is 4.39 Å². The van der Waals surface area contributed by atoms with Gasteiger partial charge < -0.3 is 0 Å². The first-order valence-corrected chi connectivity index (χ1v) is 3.06. The van der Waals surface area contributed by atoms with Gasteiger partial charge in [-0.1, -0.05) is 27.7 Å². The molecule has 0 spiro atoms. The van der Waals surface area contributed by atoms with E-state index in [1.807, 2.05) is 27.7 Å². The lowest BCUT2D eigenvalue weighted by Crippen LogP contribution is -2.20. The van der Waals surface area contributed by atoms with Crippen LogP contribution in [0.2, 0.25) is 0 Å². The lowest BCUT2D eigenvalue weighted by molar-refractivity contribution is 0.183. The Morgan fingerprint density at radius 2 is 1.75 bits per heavy atom. The lowest BCUT2D eigenvalue weighted by atomic mass is 9.83. The van der Waals surface area contributed by atoms with Crippen LogP contribution in [-0.2, 0) is 0 Å². The fourth-order valence-electron chi connectivity index (χ4n) is 0.154. The van der Waals surface area contributed by atoms with Crippen LogP contribution in [0.3, 0.4) is 0 Å². The van der Waals surface area contributed by atoms with Crippen LogP contribution in [0.5, 0.6) is 0 Å². The minimum atomic E-state index is -0.218. The van der Waals surface area contributed by atoms with E-state index in [1.165, 1.54) is 0 Å². The van der Waals surface area contributed by atoms with E-state index < -0.39 is 0 Å². The molecule has 0 aliphatic carbocycles. The van der Waals surface area contributed by atoms with E-state index >= 15 is 0 Å². The predicted octanol–water partition coefficient (Wildman–Crippen LogP) is 2.64. The van der Waals surface area contributed by atoms with Crippen molar-refractivity contribution < 1.29 is 4.39 Å². The molecule has 0 N–H and O–H groups in total. The SMILES string of the molecule is CC(C)C(C)(C)CF. The van der Waals surface area contributed by atoms with E-state index in [2.05, 4.69) is 0 Å². The first kappa shape index (κ1) is 7.93. The molecule has 0 bridgehead atoms. The third kappa shape index (κ3) is 1.81. The Morgan fingerprint density at radius 1 is 1.38 bits per heavy atom. The number of halogens is 1. The summed E-state index contributed by atoms with van der Waals surface area (Å²) >= 11 is 0. The molecule has 0 unspecified atom stereocenters. The van der Waals surface area contributed by atoms with Gasteiger partial charge in [0, 0.05) is 0 Å². The van der Waals surface area contributed by atoms with Gasteiger partial charge in [0.15, 0.2) is 0 Å². The van der Waals surface area contributed by atoms with E-state index in [0.717, 1.165) is 0 Å². The normalized spacial score (nSPS) is 12.8. The summed E-state index contributed by atoms with van der Waals surface area (Å²) in [5.74, 6) is 0.437. The van der Waals surface area contributed by atoms with Gasteiger partial charge >= 0.3 is 0 Å². The molecule has 0 atom stereocenters. The molecule has 0 aliphatic rings. The Bertz CT molecular complexity index is 64.8. The summed E-state index contributed by atoms with van der Waals surface area (Å²) in [4.78, 5) is 0. The Labute approximate surface area is 51.1 Å². The molecule has 0 fully saturated rings. The standard InChI is InChI=1S/C7H15F/c1-6(2)7(3,4)5-8/h6H,5H2,1-4H3. The van der Waals surface area contributed by atoms with Crippen LogP contribution in [0.1, 0.15) is 27.7 Å². The molecule has 8 heavy (non-hydrogen) atoms. The second kappa shape index (κ2) is 2.47. The van der Waals surface area contributed by atoms with Gasteiger partial charge in [0.25, 0.3) is 0 Å². The lowest BCUT2D eigenvalue weighted by Gasteiger charge is -2.24. The van der Waals surface area contributed by atoms with Crippen molar-refractivity contribution in [1.29, 1.82) is 0 Å². The third-order valence-corrected chi connectivity index (χ3v) is 1.91. The summed E-state index contributed by atoms with van der Waals surface area (Å²) < 4.78 is 12.0. The molecule has 0 aromatic rings. The maximum absolute atomic E-state index is 12.0. The molecular formula is C7H15F. The van der Waals surface area contributed by atoms with Crippen molar-refractivity contribution in [3.05, 3.63) is 0 Å². The van der Waals surface area contributed by atoms with E-state index in [-0.39, 0.29) is 12.1 Å². The number of hydrogen-bond donors (Lipinski definition) is 0. The molecule has 0 nitrogen and oxygen atoms in total. The van der Waals surface area contributed by atoms with Crippen molar-refractivity contribution in [3.8, 4) is 0 Å². The highest BCUT2D eigenvalue weighted by Gasteiger charge is 2.21. The predicted molar refractivity (Wildman–Crippen MR) is 34.6 cm³/mol. The molecule has 0 heterocycles. The first-order chi connectivity index (χ1) is 3.50. The van der Waals surface area contributed by atoms with Crippen molar-refractivity contribution in [2.45, 2.75) is 27.7 Å². The average Bonchev–Trinajstić information content (AvgIpc) is 1.67.